The second-order valence-electron chi connectivity index (χ2n) is 4.87. The third-order valence-electron chi connectivity index (χ3n) is 3.46. The molecular weight excluding hydrogens is 226 g/mol. The zero-order valence-electron chi connectivity index (χ0n) is 11.3. The first-order valence-corrected chi connectivity index (χ1v) is 7.18. The van der Waals surface area contributed by atoms with Crippen molar-refractivity contribution in [2.75, 3.05) is 19.3 Å². The summed E-state index contributed by atoms with van der Waals surface area (Å²) in [7, 11) is 2.22. The molecule has 0 aliphatic carbocycles. The van der Waals surface area contributed by atoms with Crippen LogP contribution in [0, 0.1) is 0 Å². The van der Waals surface area contributed by atoms with Gasteiger partial charge < -0.3 is 4.90 Å². The molecule has 2 atom stereocenters. The Morgan fingerprint density at radius 2 is 1.88 bits per heavy atom. The van der Waals surface area contributed by atoms with E-state index in [0.717, 1.165) is 12.3 Å². The summed E-state index contributed by atoms with van der Waals surface area (Å²) >= 11 is 4.50. The first-order valence-electron chi connectivity index (χ1n) is 6.55. The molecule has 2 unspecified atom stereocenters. The van der Waals surface area contributed by atoms with E-state index in [2.05, 4.69) is 68.8 Å². The Hall–Kier alpha value is -0.470. The molecule has 17 heavy (non-hydrogen) atoms. The number of hydrogen-bond donors (Lipinski definition) is 1. The lowest BCUT2D eigenvalue weighted by atomic mass is 9.99. The predicted octanol–water partition coefficient (Wildman–Crippen LogP) is 3.82. The molecule has 0 bridgehead atoms. The van der Waals surface area contributed by atoms with Crippen LogP contribution in [0.2, 0.25) is 0 Å². The van der Waals surface area contributed by atoms with E-state index in [9.17, 15) is 0 Å². The number of hydrogen-bond acceptors (Lipinski definition) is 2. The van der Waals surface area contributed by atoms with E-state index in [-0.39, 0.29) is 0 Å². The Balaban J connectivity index is 2.58. The molecule has 0 saturated carbocycles. The van der Waals surface area contributed by atoms with Gasteiger partial charge in [0.15, 0.2) is 0 Å². The second kappa shape index (κ2) is 7.78. The van der Waals surface area contributed by atoms with Crippen LogP contribution >= 0.6 is 12.6 Å². The summed E-state index contributed by atoms with van der Waals surface area (Å²) < 4.78 is 0. The quantitative estimate of drug-likeness (QED) is 0.721. The van der Waals surface area contributed by atoms with Crippen LogP contribution in [0.1, 0.15) is 38.2 Å². The molecule has 1 nitrogen and oxygen atoms in total. The molecule has 0 heterocycles. The number of likely N-dealkylation sites (N-methyl/N-ethyl adjacent to an activating group) is 1. The topological polar surface area (TPSA) is 3.24 Å². The Morgan fingerprint density at radius 3 is 2.41 bits per heavy atom. The van der Waals surface area contributed by atoms with E-state index in [1.54, 1.807) is 0 Å². The molecule has 0 saturated heterocycles. The van der Waals surface area contributed by atoms with Crippen molar-refractivity contribution in [2.45, 2.75) is 38.6 Å². The van der Waals surface area contributed by atoms with Crippen molar-refractivity contribution in [3.63, 3.8) is 0 Å². The minimum absolute atomic E-state index is 0.531. The van der Waals surface area contributed by atoms with E-state index in [0.29, 0.717) is 12.0 Å². The first-order chi connectivity index (χ1) is 8.19. The molecule has 1 rings (SSSR count). The monoisotopic (exact) mass is 251 g/mol. The van der Waals surface area contributed by atoms with Crippen molar-refractivity contribution < 1.29 is 0 Å². The van der Waals surface area contributed by atoms with E-state index in [1.807, 2.05) is 0 Å². The smallest absolute Gasteiger partial charge is 0.00640 e. The van der Waals surface area contributed by atoms with E-state index in [1.165, 1.54) is 18.4 Å². The molecule has 0 N–H and O–H groups in total. The molecule has 1 aromatic carbocycles. The van der Waals surface area contributed by atoms with Crippen molar-refractivity contribution in [3.05, 3.63) is 35.9 Å². The fraction of sp³-hybridized carbons (Fsp3) is 0.600. The highest BCUT2D eigenvalue weighted by Gasteiger charge is 2.15. The maximum atomic E-state index is 4.50. The van der Waals surface area contributed by atoms with E-state index >= 15 is 0 Å². The highest BCUT2D eigenvalue weighted by atomic mass is 32.1. The van der Waals surface area contributed by atoms with Gasteiger partial charge in [-0.3, -0.25) is 0 Å². The zero-order valence-corrected chi connectivity index (χ0v) is 12.2. The third kappa shape index (κ3) is 4.72. The number of benzene rings is 1. The molecule has 0 radical (unpaired) electrons. The molecule has 0 amide bonds. The van der Waals surface area contributed by atoms with Crippen molar-refractivity contribution >= 4 is 12.6 Å². The maximum Gasteiger partial charge on any atom is 0.00640 e. The van der Waals surface area contributed by atoms with Crippen molar-refractivity contribution in [1.29, 1.82) is 0 Å². The van der Waals surface area contributed by atoms with Gasteiger partial charge in [0, 0.05) is 18.5 Å². The normalized spacial score (nSPS) is 14.9. The Morgan fingerprint density at radius 1 is 1.24 bits per heavy atom. The minimum Gasteiger partial charge on any atom is -0.303 e. The highest BCUT2D eigenvalue weighted by molar-refractivity contribution is 7.80. The largest absolute Gasteiger partial charge is 0.303 e. The average molecular weight is 251 g/mol. The molecule has 0 aliphatic heterocycles. The van der Waals surface area contributed by atoms with Gasteiger partial charge >= 0.3 is 0 Å². The van der Waals surface area contributed by atoms with Gasteiger partial charge in [0.2, 0.25) is 0 Å². The van der Waals surface area contributed by atoms with Gasteiger partial charge in [0.25, 0.3) is 0 Å². The van der Waals surface area contributed by atoms with Gasteiger partial charge in [-0.15, -0.1) is 0 Å². The Bertz CT molecular complexity index is 299. The lowest BCUT2D eigenvalue weighted by Crippen LogP contribution is -2.33. The fourth-order valence-electron chi connectivity index (χ4n) is 2.16. The molecule has 1 aromatic rings. The van der Waals surface area contributed by atoms with Crippen LogP contribution in [-0.4, -0.2) is 30.3 Å². The van der Waals surface area contributed by atoms with Gasteiger partial charge in [-0.1, -0.05) is 43.7 Å². The summed E-state index contributed by atoms with van der Waals surface area (Å²) in [5, 5.41) is 0. The standard InChI is InChI=1S/C15H25NS/c1-4-8-13(2)16(3)11-15(12-17)14-9-6-5-7-10-14/h5-7,9-10,13,15,17H,4,8,11-12H2,1-3H3. The van der Waals surface area contributed by atoms with Crippen LogP contribution in [0.4, 0.5) is 0 Å². The van der Waals surface area contributed by atoms with Gasteiger partial charge in [-0.2, -0.15) is 12.6 Å². The lowest BCUT2D eigenvalue weighted by Gasteiger charge is -2.28. The zero-order chi connectivity index (χ0) is 12.7. The molecular formula is C15H25NS. The third-order valence-corrected chi connectivity index (χ3v) is 3.90. The van der Waals surface area contributed by atoms with Crippen molar-refractivity contribution in [1.82, 2.24) is 4.90 Å². The fourth-order valence-corrected chi connectivity index (χ4v) is 2.49. The lowest BCUT2D eigenvalue weighted by molar-refractivity contribution is 0.235. The van der Waals surface area contributed by atoms with Crippen LogP contribution < -0.4 is 0 Å². The summed E-state index contributed by atoms with van der Waals surface area (Å²) in [5.74, 6) is 1.44. The van der Waals surface area contributed by atoms with E-state index < -0.39 is 0 Å². The second-order valence-corrected chi connectivity index (χ2v) is 5.23. The highest BCUT2D eigenvalue weighted by Crippen LogP contribution is 2.19. The van der Waals surface area contributed by atoms with Crippen molar-refractivity contribution in [3.8, 4) is 0 Å². The van der Waals surface area contributed by atoms with Crippen LogP contribution in [-0.2, 0) is 0 Å². The molecule has 0 spiro atoms. The average Bonchev–Trinajstić information content (AvgIpc) is 2.37. The summed E-state index contributed by atoms with van der Waals surface area (Å²) in [4.78, 5) is 2.46. The van der Waals surface area contributed by atoms with Gasteiger partial charge in [0.1, 0.15) is 0 Å². The van der Waals surface area contributed by atoms with Gasteiger partial charge in [-0.25, -0.2) is 0 Å². The Labute approximate surface area is 112 Å². The van der Waals surface area contributed by atoms with Crippen LogP contribution in [0.25, 0.3) is 0 Å². The minimum atomic E-state index is 0.531. The van der Waals surface area contributed by atoms with Crippen molar-refractivity contribution in [2.24, 2.45) is 0 Å². The van der Waals surface area contributed by atoms with Crippen LogP contribution in [0.5, 0.6) is 0 Å². The van der Waals surface area contributed by atoms with Crippen LogP contribution in [0.15, 0.2) is 30.3 Å². The summed E-state index contributed by atoms with van der Waals surface area (Å²) in [5.41, 5.74) is 1.40. The number of nitrogens with zero attached hydrogens (tertiary/aromatic N) is 1. The van der Waals surface area contributed by atoms with Crippen LogP contribution in [0.3, 0.4) is 0 Å². The first kappa shape index (κ1) is 14.6. The molecule has 2 heteroatoms. The molecule has 0 aromatic heterocycles. The summed E-state index contributed by atoms with van der Waals surface area (Å²) in [6, 6.07) is 11.4. The van der Waals surface area contributed by atoms with Gasteiger partial charge in [0.05, 0.1) is 0 Å². The maximum absolute atomic E-state index is 4.50. The van der Waals surface area contributed by atoms with Gasteiger partial charge in [-0.05, 0) is 31.7 Å². The van der Waals surface area contributed by atoms with E-state index in [4.69, 9.17) is 0 Å². The molecule has 96 valence electrons. The Kier molecular flexibility index (Phi) is 6.68. The summed E-state index contributed by atoms with van der Waals surface area (Å²) in [6.45, 7) is 5.65. The SMILES string of the molecule is CCCC(C)N(C)CC(CS)c1ccccc1. The number of thiol groups is 1. The molecule has 0 fully saturated rings. The predicted molar refractivity (Wildman–Crippen MR) is 80.0 cm³/mol. The number of rotatable bonds is 7. The molecule has 0 aliphatic rings. The summed E-state index contributed by atoms with van der Waals surface area (Å²) in [6.07, 6.45) is 2.52.